The van der Waals surface area contributed by atoms with Crippen molar-refractivity contribution in [3.05, 3.63) is 64.5 Å². The first kappa shape index (κ1) is 22.9. The summed E-state index contributed by atoms with van der Waals surface area (Å²) in [7, 11) is 2.91. The molecule has 7 heteroatoms. The highest BCUT2D eigenvalue weighted by molar-refractivity contribution is 6.03. The minimum Gasteiger partial charge on any atom is -0.467 e. The first-order valence-electron chi connectivity index (χ1n) is 9.61. The average molecular weight is 409 g/mol. The normalized spacial score (nSPS) is 12.2. The monoisotopic (exact) mass is 409 g/mol. The van der Waals surface area contributed by atoms with Gasteiger partial charge >= 0.3 is 5.97 Å². The number of benzene rings is 1. The van der Waals surface area contributed by atoms with Crippen LogP contribution in [-0.4, -0.2) is 43.3 Å². The maximum absolute atomic E-state index is 12.7. The van der Waals surface area contributed by atoms with E-state index < -0.39 is 17.9 Å². The highest BCUT2D eigenvalue weighted by atomic mass is 16.5. The SMILES string of the molecule is COCCn1c(C)cc(/C=C(\C#N)C(=O)NC(Cc2ccccc2)C(=O)OC)c1C. The number of nitriles is 1. The summed E-state index contributed by atoms with van der Waals surface area (Å²) in [6.45, 7) is 5.12. The number of amides is 1. The van der Waals surface area contributed by atoms with Gasteiger partial charge in [-0.25, -0.2) is 4.79 Å². The van der Waals surface area contributed by atoms with E-state index >= 15 is 0 Å². The lowest BCUT2D eigenvalue weighted by Gasteiger charge is -2.16. The Bertz CT molecular complexity index is 955. The van der Waals surface area contributed by atoms with Crippen LogP contribution < -0.4 is 5.32 Å². The van der Waals surface area contributed by atoms with Crippen molar-refractivity contribution >= 4 is 18.0 Å². The third kappa shape index (κ3) is 5.82. The Morgan fingerprint density at radius 1 is 1.23 bits per heavy atom. The highest BCUT2D eigenvalue weighted by Gasteiger charge is 2.24. The van der Waals surface area contributed by atoms with Crippen LogP contribution in [0.4, 0.5) is 0 Å². The van der Waals surface area contributed by atoms with E-state index in [1.807, 2.05) is 56.3 Å². The number of hydrogen-bond acceptors (Lipinski definition) is 5. The lowest BCUT2D eigenvalue weighted by atomic mass is 10.1. The van der Waals surface area contributed by atoms with Crippen LogP contribution in [0.2, 0.25) is 0 Å². The highest BCUT2D eigenvalue weighted by Crippen LogP contribution is 2.18. The molecule has 1 atom stereocenters. The van der Waals surface area contributed by atoms with Gasteiger partial charge in [0.25, 0.3) is 5.91 Å². The molecule has 0 saturated carbocycles. The molecule has 2 aromatic rings. The summed E-state index contributed by atoms with van der Waals surface area (Å²) in [4.78, 5) is 24.9. The van der Waals surface area contributed by atoms with Crippen molar-refractivity contribution in [3.63, 3.8) is 0 Å². The fourth-order valence-electron chi connectivity index (χ4n) is 3.23. The van der Waals surface area contributed by atoms with E-state index in [2.05, 4.69) is 9.88 Å². The number of hydrogen-bond donors (Lipinski definition) is 1. The molecule has 0 spiro atoms. The predicted molar refractivity (Wildman–Crippen MR) is 113 cm³/mol. The first-order chi connectivity index (χ1) is 14.4. The molecule has 0 radical (unpaired) electrons. The molecule has 30 heavy (non-hydrogen) atoms. The molecule has 1 aromatic carbocycles. The molecule has 0 fully saturated rings. The smallest absolute Gasteiger partial charge is 0.328 e. The molecule has 0 aliphatic rings. The van der Waals surface area contributed by atoms with Crippen LogP contribution in [0.5, 0.6) is 0 Å². The number of aromatic nitrogens is 1. The summed E-state index contributed by atoms with van der Waals surface area (Å²) < 4.78 is 12.0. The van der Waals surface area contributed by atoms with Gasteiger partial charge in [0.15, 0.2) is 0 Å². The van der Waals surface area contributed by atoms with Crippen LogP contribution >= 0.6 is 0 Å². The van der Waals surface area contributed by atoms with Crippen molar-refractivity contribution in [3.8, 4) is 6.07 Å². The third-order valence-corrected chi connectivity index (χ3v) is 4.87. The molecular formula is C23H27N3O4. The predicted octanol–water partition coefficient (Wildman–Crippen LogP) is 2.56. The van der Waals surface area contributed by atoms with Gasteiger partial charge in [-0.05, 0) is 37.1 Å². The molecule has 1 N–H and O–H groups in total. The maximum Gasteiger partial charge on any atom is 0.328 e. The molecular weight excluding hydrogens is 382 g/mol. The quantitative estimate of drug-likeness (QED) is 0.390. The molecule has 1 heterocycles. The van der Waals surface area contributed by atoms with E-state index in [0.29, 0.717) is 13.2 Å². The van der Waals surface area contributed by atoms with Gasteiger partial charge in [-0.15, -0.1) is 0 Å². The summed E-state index contributed by atoms with van der Waals surface area (Å²) in [5.74, 6) is -1.19. The van der Waals surface area contributed by atoms with Crippen LogP contribution in [0, 0.1) is 25.2 Å². The van der Waals surface area contributed by atoms with Crippen LogP contribution in [0.3, 0.4) is 0 Å². The second-order valence-corrected chi connectivity index (χ2v) is 6.88. The minimum atomic E-state index is -0.893. The van der Waals surface area contributed by atoms with E-state index in [-0.39, 0.29) is 12.0 Å². The molecule has 2 rings (SSSR count). The number of esters is 1. The molecule has 1 amide bonds. The standard InChI is InChI=1S/C23H27N3O4/c1-16-12-19(17(2)26(16)10-11-29-3)14-20(15-24)22(27)25-21(23(28)30-4)13-18-8-6-5-7-9-18/h5-9,12,14,21H,10-11,13H2,1-4H3,(H,25,27)/b20-14+. The van der Waals surface area contributed by atoms with Gasteiger partial charge in [-0.1, -0.05) is 30.3 Å². The number of nitrogens with one attached hydrogen (secondary N) is 1. The summed E-state index contributed by atoms with van der Waals surface area (Å²) in [5.41, 5.74) is 3.50. The summed E-state index contributed by atoms with van der Waals surface area (Å²) in [6.07, 6.45) is 1.81. The van der Waals surface area contributed by atoms with E-state index in [1.165, 1.54) is 13.2 Å². The molecule has 158 valence electrons. The molecule has 0 saturated heterocycles. The fraction of sp³-hybridized carbons (Fsp3) is 0.348. The topological polar surface area (TPSA) is 93.4 Å². The largest absolute Gasteiger partial charge is 0.467 e. The summed E-state index contributed by atoms with van der Waals surface area (Å²) >= 11 is 0. The van der Waals surface area contributed by atoms with Crippen molar-refractivity contribution in [2.45, 2.75) is 32.9 Å². The number of carbonyl (C=O) groups is 2. The minimum absolute atomic E-state index is 0.0797. The second kappa shape index (κ2) is 11.0. The first-order valence-corrected chi connectivity index (χ1v) is 9.61. The molecule has 0 aliphatic heterocycles. The second-order valence-electron chi connectivity index (χ2n) is 6.88. The molecule has 7 nitrogen and oxygen atoms in total. The van der Waals surface area contributed by atoms with Crippen LogP contribution in [0.15, 0.2) is 42.0 Å². The van der Waals surface area contributed by atoms with Gasteiger partial charge in [0.05, 0.1) is 13.7 Å². The Kier molecular flexibility index (Phi) is 8.39. The maximum atomic E-state index is 12.7. The number of nitrogens with zero attached hydrogens (tertiary/aromatic N) is 2. The molecule has 0 bridgehead atoms. The average Bonchev–Trinajstić information content (AvgIpc) is 3.02. The van der Waals surface area contributed by atoms with Crippen molar-refractivity contribution in [2.24, 2.45) is 0 Å². The lowest BCUT2D eigenvalue weighted by molar-refractivity contribution is -0.144. The van der Waals surface area contributed by atoms with Gasteiger partial charge in [0.1, 0.15) is 17.7 Å². The zero-order valence-electron chi connectivity index (χ0n) is 17.8. The molecule has 0 aliphatic carbocycles. The van der Waals surface area contributed by atoms with Gasteiger partial charge in [-0.3, -0.25) is 4.79 Å². The third-order valence-electron chi connectivity index (χ3n) is 4.87. The Morgan fingerprint density at radius 2 is 1.93 bits per heavy atom. The number of aryl methyl sites for hydroxylation is 1. The van der Waals surface area contributed by atoms with Crippen LogP contribution in [-0.2, 0) is 32.0 Å². The van der Waals surface area contributed by atoms with Gasteiger partial charge in [0.2, 0.25) is 0 Å². The van der Waals surface area contributed by atoms with Crippen molar-refractivity contribution in [1.82, 2.24) is 9.88 Å². The molecule has 1 unspecified atom stereocenters. The summed E-state index contributed by atoms with van der Waals surface area (Å²) in [5, 5.41) is 12.2. The van der Waals surface area contributed by atoms with Crippen molar-refractivity contribution in [2.75, 3.05) is 20.8 Å². The van der Waals surface area contributed by atoms with Gasteiger partial charge in [-0.2, -0.15) is 5.26 Å². The Balaban J connectivity index is 2.23. The van der Waals surface area contributed by atoms with Gasteiger partial charge < -0.3 is 19.4 Å². The van der Waals surface area contributed by atoms with E-state index in [9.17, 15) is 14.9 Å². The lowest BCUT2D eigenvalue weighted by Crippen LogP contribution is -2.43. The Hall–Kier alpha value is -3.37. The van der Waals surface area contributed by atoms with E-state index in [1.54, 1.807) is 7.11 Å². The Morgan fingerprint density at radius 3 is 2.53 bits per heavy atom. The number of rotatable bonds is 9. The zero-order valence-corrected chi connectivity index (χ0v) is 17.8. The fourth-order valence-corrected chi connectivity index (χ4v) is 3.23. The number of methoxy groups -OCH3 is 2. The molecule has 1 aromatic heterocycles. The zero-order chi connectivity index (χ0) is 22.1. The van der Waals surface area contributed by atoms with Crippen molar-refractivity contribution < 1.29 is 19.1 Å². The van der Waals surface area contributed by atoms with Crippen LogP contribution in [0.1, 0.15) is 22.5 Å². The van der Waals surface area contributed by atoms with Crippen molar-refractivity contribution in [1.29, 1.82) is 5.26 Å². The van der Waals surface area contributed by atoms with Crippen LogP contribution in [0.25, 0.3) is 6.08 Å². The number of carbonyl (C=O) groups excluding carboxylic acids is 2. The Labute approximate surface area is 176 Å². The number of ether oxygens (including phenoxy) is 2. The van der Waals surface area contributed by atoms with E-state index in [4.69, 9.17) is 9.47 Å². The summed E-state index contributed by atoms with van der Waals surface area (Å²) in [6, 6.07) is 12.3. The van der Waals surface area contributed by atoms with E-state index in [0.717, 1.165) is 22.5 Å². The van der Waals surface area contributed by atoms with Gasteiger partial charge in [0, 0.05) is 31.5 Å².